The molecule has 174 valence electrons. The number of β-lactam (4-membered cyclic amide) rings is 1. The topological polar surface area (TPSA) is 96.4 Å². The zero-order chi connectivity index (χ0) is 24.0. The summed E-state index contributed by atoms with van der Waals surface area (Å²) in [5.41, 5.74) is 0.830. The standard InChI is InChI=1S/C22H28N2O6S2/c1-11(25)16-14-8-13(12-7-15(32-9-12)19(31)23(5)6)17(24(14)18(16)26)20(27)29-10-30-21(28)22(2,3)4/h7,9,11,14,16,25H,8,10H2,1-6H3/t11-,14-,16-/m1/s1. The Hall–Kier alpha value is -2.30. The molecule has 1 amide bonds. The van der Waals surface area contributed by atoms with E-state index in [0.29, 0.717) is 17.0 Å². The van der Waals surface area contributed by atoms with Gasteiger partial charge in [-0.15, -0.1) is 11.3 Å². The Morgan fingerprint density at radius 3 is 2.56 bits per heavy atom. The zero-order valence-corrected chi connectivity index (χ0v) is 20.6. The van der Waals surface area contributed by atoms with Crippen LogP contribution in [-0.4, -0.2) is 70.8 Å². The molecule has 0 unspecified atom stereocenters. The zero-order valence-electron chi connectivity index (χ0n) is 19.0. The lowest BCUT2D eigenvalue weighted by atomic mass is 9.82. The van der Waals surface area contributed by atoms with Gasteiger partial charge < -0.3 is 24.4 Å². The average molecular weight is 481 g/mol. The number of fused-ring (bicyclic) bond motifs is 1. The van der Waals surface area contributed by atoms with Crippen molar-refractivity contribution in [2.24, 2.45) is 11.3 Å². The first kappa shape index (κ1) is 24.3. The SMILES string of the molecule is C[C@@H](O)[C@H]1C(=O)N2C(C(=O)OCOC(=O)C(C)(C)C)=C(c3csc(C(=S)N(C)C)c3)C[C@H]12. The maximum atomic E-state index is 13.0. The Morgan fingerprint density at radius 2 is 2.00 bits per heavy atom. The molecular weight excluding hydrogens is 452 g/mol. The minimum absolute atomic E-state index is 0.129. The van der Waals surface area contributed by atoms with Crippen LogP contribution in [0.5, 0.6) is 0 Å². The molecule has 32 heavy (non-hydrogen) atoms. The summed E-state index contributed by atoms with van der Waals surface area (Å²) in [4.78, 5) is 42.4. The summed E-state index contributed by atoms with van der Waals surface area (Å²) in [6, 6.07) is 1.57. The van der Waals surface area contributed by atoms with E-state index >= 15 is 0 Å². The number of hydrogen-bond acceptors (Lipinski definition) is 8. The number of rotatable bonds is 6. The van der Waals surface area contributed by atoms with E-state index < -0.39 is 36.2 Å². The van der Waals surface area contributed by atoms with Crippen molar-refractivity contribution in [2.45, 2.75) is 46.3 Å². The number of thiophene rings is 1. The molecule has 1 saturated heterocycles. The second kappa shape index (κ2) is 8.92. The number of thiocarbonyl (C=S) groups is 1. The number of ether oxygens (including phenoxy) is 2. The molecular formula is C22H28N2O6S2. The third-order valence-electron chi connectivity index (χ3n) is 5.48. The Bertz CT molecular complexity index is 989. The van der Waals surface area contributed by atoms with E-state index in [1.807, 2.05) is 30.4 Å². The Balaban J connectivity index is 1.87. The maximum absolute atomic E-state index is 13.0. The molecule has 2 aliphatic rings. The molecule has 1 N–H and O–H groups in total. The molecule has 0 radical (unpaired) electrons. The van der Waals surface area contributed by atoms with Gasteiger partial charge in [-0.3, -0.25) is 9.59 Å². The molecule has 3 heterocycles. The van der Waals surface area contributed by atoms with Gasteiger partial charge in [-0.05, 0) is 56.7 Å². The average Bonchev–Trinajstić information content (AvgIpc) is 3.28. The van der Waals surface area contributed by atoms with E-state index in [2.05, 4.69) is 0 Å². The van der Waals surface area contributed by atoms with E-state index in [1.165, 1.54) is 16.2 Å². The lowest BCUT2D eigenvalue weighted by Crippen LogP contribution is -2.61. The van der Waals surface area contributed by atoms with Crippen LogP contribution < -0.4 is 0 Å². The van der Waals surface area contributed by atoms with Crippen molar-refractivity contribution in [3.05, 3.63) is 27.6 Å². The number of nitrogens with zero attached hydrogens (tertiary/aromatic N) is 2. The number of esters is 2. The van der Waals surface area contributed by atoms with Crippen LogP contribution in [0, 0.1) is 11.3 Å². The molecule has 1 aromatic heterocycles. The fourth-order valence-corrected chi connectivity index (χ4v) is 4.91. The number of aliphatic hydroxyl groups is 1. The van der Waals surface area contributed by atoms with Crippen LogP contribution in [0.2, 0.25) is 0 Å². The minimum atomic E-state index is -0.826. The Morgan fingerprint density at radius 1 is 1.34 bits per heavy atom. The normalized spacial score (nSPS) is 21.1. The van der Waals surface area contributed by atoms with Gasteiger partial charge in [0.1, 0.15) is 10.7 Å². The first-order valence-corrected chi connectivity index (χ1v) is 11.5. The fourth-order valence-electron chi connectivity index (χ4n) is 3.76. The van der Waals surface area contributed by atoms with E-state index in [1.54, 1.807) is 27.7 Å². The fraction of sp³-hybridized carbons (Fsp3) is 0.545. The highest BCUT2D eigenvalue weighted by atomic mass is 32.1. The van der Waals surface area contributed by atoms with Gasteiger partial charge in [0.15, 0.2) is 0 Å². The van der Waals surface area contributed by atoms with Gasteiger partial charge in [-0.1, -0.05) is 12.2 Å². The number of hydrogen-bond donors (Lipinski definition) is 1. The van der Waals surface area contributed by atoms with Gasteiger partial charge in [0.25, 0.3) is 0 Å². The number of carbonyl (C=O) groups is 3. The summed E-state index contributed by atoms with van der Waals surface area (Å²) in [7, 11) is 3.71. The Kier molecular flexibility index (Phi) is 6.78. The highest BCUT2D eigenvalue weighted by Crippen LogP contribution is 2.47. The van der Waals surface area contributed by atoms with Crippen molar-refractivity contribution >= 4 is 52.0 Å². The molecule has 3 atom stereocenters. The van der Waals surface area contributed by atoms with Crippen LogP contribution in [0.4, 0.5) is 0 Å². The third kappa shape index (κ3) is 4.44. The molecule has 0 aliphatic carbocycles. The summed E-state index contributed by atoms with van der Waals surface area (Å²) in [5.74, 6) is -2.14. The van der Waals surface area contributed by atoms with Gasteiger partial charge in [-0.2, -0.15) is 0 Å². The van der Waals surface area contributed by atoms with E-state index in [0.717, 1.165) is 10.4 Å². The smallest absolute Gasteiger partial charge is 0.358 e. The van der Waals surface area contributed by atoms with Gasteiger partial charge in [0, 0.05) is 14.1 Å². The monoisotopic (exact) mass is 480 g/mol. The van der Waals surface area contributed by atoms with Gasteiger partial charge >= 0.3 is 11.9 Å². The first-order valence-electron chi connectivity index (χ1n) is 10.2. The van der Waals surface area contributed by atoms with E-state index in [4.69, 9.17) is 21.7 Å². The first-order chi connectivity index (χ1) is 14.8. The summed E-state index contributed by atoms with van der Waals surface area (Å²) in [5, 5.41) is 11.9. The predicted molar refractivity (Wildman–Crippen MR) is 124 cm³/mol. The molecule has 1 fully saturated rings. The van der Waals surface area contributed by atoms with E-state index in [9.17, 15) is 19.5 Å². The molecule has 0 bridgehead atoms. The van der Waals surface area contributed by atoms with Crippen LogP contribution in [-0.2, 0) is 23.9 Å². The van der Waals surface area contributed by atoms with E-state index in [-0.39, 0.29) is 17.6 Å². The molecule has 1 aromatic rings. The highest BCUT2D eigenvalue weighted by Gasteiger charge is 2.57. The molecule has 0 spiro atoms. The van der Waals surface area contributed by atoms with Crippen LogP contribution >= 0.6 is 23.6 Å². The Labute approximate surface area is 196 Å². The largest absolute Gasteiger partial charge is 0.427 e. The lowest BCUT2D eigenvalue weighted by molar-refractivity contribution is -0.175. The lowest BCUT2D eigenvalue weighted by Gasteiger charge is -2.44. The highest BCUT2D eigenvalue weighted by molar-refractivity contribution is 7.81. The minimum Gasteiger partial charge on any atom is -0.427 e. The summed E-state index contributed by atoms with van der Waals surface area (Å²) >= 11 is 6.89. The van der Waals surface area contributed by atoms with Crippen molar-refractivity contribution in [3.8, 4) is 0 Å². The van der Waals surface area contributed by atoms with Crippen LogP contribution in [0.1, 0.15) is 44.6 Å². The molecule has 0 saturated carbocycles. The molecule has 8 nitrogen and oxygen atoms in total. The number of aliphatic hydroxyl groups excluding tert-OH is 1. The number of carbonyl (C=O) groups excluding carboxylic acids is 3. The van der Waals surface area contributed by atoms with Crippen molar-refractivity contribution < 1.29 is 29.0 Å². The summed E-state index contributed by atoms with van der Waals surface area (Å²) in [6.45, 7) is 6.11. The van der Waals surface area contributed by atoms with Crippen molar-refractivity contribution in [1.29, 1.82) is 0 Å². The number of amides is 1. The van der Waals surface area contributed by atoms with Crippen molar-refractivity contribution in [2.75, 3.05) is 20.9 Å². The van der Waals surface area contributed by atoms with Gasteiger partial charge in [0.2, 0.25) is 12.7 Å². The van der Waals surface area contributed by atoms with Crippen molar-refractivity contribution in [1.82, 2.24) is 9.80 Å². The van der Waals surface area contributed by atoms with Gasteiger partial charge in [0.05, 0.1) is 28.4 Å². The van der Waals surface area contributed by atoms with Gasteiger partial charge in [-0.25, -0.2) is 4.79 Å². The molecule has 0 aromatic carbocycles. The molecule has 10 heteroatoms. The quantitative estimate of drug-likeness (QED) is 0.287. The van der Waals surface area contributed by atoms with Crippen LogP contribution in [0.15, 0.2) is 17.1 Å². The van der Waals surface area contributed by atoms with Crippen molar-refractivity contribution in [3.63, 3.8) is 0 Å². The maximum Gasteiger partial charge on any atom is 0.358 e. The third-order valence-corrected chi connectivity index (χ3v) is 7.13. The molecule has 2 aliphatic heterocycles. The predicted octanol–water partition coefficient (Wildman–Crippen LogP) is 2.40. The molecule has 3 rings (SSSR count). The van der Waals surface area contributed by atoms with Crippen LogP contribution in [0.25, 0.3) is 5.57 Å². The second-order valence-corrected chi connectivity index (χ2v) is 10.5. The summed E-state index contributed by atoms with van der Waals surface area (Å²) in [6.07, 6.45) is -0.411. The summed E-state index contributed by atoms with van der Waals surface area (Å²) < 4.78 is 10.2. The van der Waals surface area contributed by atoms with Crippen LogP contribution in [0.3, 0.4) is 0 Å². The second-order valence-electron chi connectivity index (χ2n) is 9.20.